The molecule has 55 heavy (non-hydrogen) atoms. The molecule has 4 heterocycles. The first-order chi connectivity index (χ1) is 26.4. The van der Waals surface area contributed by atoms with E-state index in [4.69, 9.17) is 15.5 Å². The number of methoxy groups -OCH3 is 1. The number of alkyl carbamates (subject to hydrolysis) is 1. The van der Waals surface area contributed by atoms with Gasteiger partial charge in [0, 0.05) is 36.7 Å². The van der Waals surface area contributed by atoms with Gasteiger partial charge in [-0.15, -0.1) is 0 Å². The summed E-state index contributed by atoms with van der Waals surface area (Å²) in [6.45, 7) is 7.68. The molecule has 0 unspecified atom stereocenters. The molecule has 2 aromatic heterocycles. The molecule has 1 aliphatic carbocycles. The van der Waals surface area contributed by atoms with E-state index in [1.165, 1.54) is 20.0 Å². The number of likely N-dealkylation sites (tertiary alicyclic amines) is 2. The minimum absolute atomic E-state index is 0.0300. The van der Waals surface area contributed by atoms with Gasteiger partial charge in [-0.2, -0.15) is 0 Å². The lowest BCUT2D eigenvalue weighted by atomic mass is 9.96. The number of urea groups is 1. The Labute approximate surface area is 320 Å². The SMILES string of the molecule is COC(=O)N[C@@H](CCNC(N)=O)C(=O)N1CCC[C@H]1c1ncc(-c2ccc(C#Cc3ccc4nc([C@@H]5CC6(CC6)CN5C(=O)[C@@H](C)C(C)C)[nH]c4c3)cc2)[nH]1. The van der Waals surface area contributed by atoms with Crippen LogP contribution in [0.4, 0.5) is 9.59 Å². The minimum atomic E-state index is -0.907. The number of benzene rings is 2. The van der Waals surface area contributed by atoms with Crippen molar-refractivity contribution in [2.45, 2.75) is 77.4 Å². The highest BCUT2D eigenvalue weighted by Crippen LogP contribution is 2.58. The van der Waals surface area contributed by atoms with Crippen LogP contribution in [0.15, 0.2) is 48.7 Å². The summed E-state index contributed by atoms with van der Waals surface area (Å²) < 4.78 is 4.72. The fourth-order valence-corrected chi connectivity index (χ4v) is 7.73. The second-order valence-corrected chi connectivity index (χ2v) is 15.5. The lowest BCUT2D eigenvalue weighted by Gasteiger charge is -2.28. The van der Waals surface area contributed by atoms with Crippen LogP contribution >= 0.6 is 0 Å². The van der Waals surface area contributed by atoms with E-state index in [0.29, 0.717) is 18.8 Å². The van der Waals surface area contributed by atoms with Crippen LogP contribution in [0.5, 0.6) is 0 Å². The highest BCUT2D eigenvalue weighted by atomic mass is 16.5. The van der Waals surface area contributed by atoms with Crippen molar-refractivity contribution < 1.29 is 23.9 Å². The van der Waals surface area contributed by atoms with E-state index in [1.807, 2.05) is 49.4 Å². The number of primary amides is 1. The van der Waals surface area contributed by atoms with Gasteiger partial charge in [-0.25, -0.2) is 19.6 Å². The fourth-order valence-electron chi connectivity index (χ4n) is 7.73. The highest BCUT2D eigenvalue weighted by molar-refractivity contribution is 5.86. The third-order valence-corrected chi connectivity index (χ3v) is 11.5. The van der Waals surface area contributed by atoms with Gasteiger partial charge in [-0.1, -0.05) is 44.7 Å². The zero-order valence-electron chi connectivity index (χ0n) is 31.8. The van der Waals surface area contributed by atoms with E-state index in [-0.39, 0.29) is 54.1 Å². The normalized spacial score (nSPS) is 19.6. The summed E-state index contributed by atoms with van der Waals surface area (Å²) in [6, 6.07) is 11.9. The van der Waals surface area contributed by atoms with Crippen molar-refractivity contribution in [2.75, 3.05) is 26.7 Å². The maximum Gasteiger partial charge on any atom is 0.407 e. The number of aromatic nitrogens is 4. The van der Waals surface area contributed by atoms with Crippen LogP contribution in [0, 0.1) is 29.1 Å². The standard InChI is InChI=1S/C41H49N9O5/c1-24(2)25(3)37(51)50-23-41(16-17-41)21-34(50)36-45-29-14-11-27(20-31(29)46-36)8-7-26-9-12-28(13-10-26)32-22-44-35(47-32)33-6-5-19-49(33)38(52)30(48-40(54)55-4)15-18-43-39(42)53/h9-14,20,22,24-25,30,33-34H,5-6,15-19,21,23H2,1-4H3,(H,44,47)(H,45,46)(H,48,54)(H3,42,43,53)/t25-,30-,33-,34-/m0/s1. The number of nitrogens with one attached hydrogen (secondary N) is 4. The van der Waals surface area contributed by atoms with E-state index in [1.54, 1.807) is 11.1 Å². The van der Waals surface area contributed by atoms with Crippen LogP contribution in [0.2, 0.25) is 0 Å². The van der Waals surface area contributed by atoms with Gasteiger partial charge in [0.15, 0.2) is 0 Å². The molecule has 6 N–H and O–H groups in total. The van der Waals surface area contributed by atoms with Crippen molar-refractivity contribution >= 4 is 35.0 Å². The van der Waals surface area contributed by atoms with Gasteiger partial charge >= 0.3 is 12.1 Å². The van der Waals surface area contributed by atoms with Gasteiger partial charge in [0.1, 0.15) is 17.7 Å². The predicted octanol–water partition coefficient (Wildman–Crippen LogP) is 5.15. The Morgan fingerprint density at radius 2 is 1.73 bits per heavy atom. The molecule has 0 radical (unpaired) electrons. The average Bonchev–Trinajstić information content (AvgIpc) is 3.66. The van der Waals surface area contributed by atoms with Crippen LogP contribution < -0.4 is 16.4 Å². The fraction of sp³-hybridized carbons (Fsp3) is 0.463. The minimum Gasteiger partial charge on any atom is -0.453 e. The number of carbonyl (C=O) groups is 4. The van der Waals surface area contributed by atoms with E-state index in [0.717, 1.165) is 58.6 Å². The van der Waals surface area contributed by atoms with Gasteiger partial charge in [0.25, 0.3) is 0 Å². The smallest absolute Gasteiger partial charge is 0.407 e. The number of H-pyrrole nitrogens is 2. The zero-order valence-corrected chi connectivity index (χ0v) is 31.8. The molecule has 7 rings (SSSR count). The number of ether oxygens (including phenoxy) is 1. The molecule has 5 amide bonds. The summed E-state index contributed by atoms with van der Waals surface area (Å²) in [5.41, 5.74) is 10.6. The summed E-state index contributed by atoms with van der Waals surface area (Å²) in [7, 11) is 1.23. The monoisotopic (exact) mass is 747 g/mol. The summed E-state index contributed by atoms with van der Waals surface area (Å²) >= 11 is 0. The number of amides is 5. The first kappa shape index (κ1) is 37.5. The lowest BCUT2D eigenvalue weighted by molar-refractivity contribution is -0.137. The number of imidazole rings is 2. The maximum atomic E-state index is 13.6. The molecule has 2 aliphatic heterocycles. The van der Waals surface area contributed by atoms with Crippen LogP contribution in [-0.2, 0) is 14.3 Å². The van der Waals surface area contributed by atoms with Gasteiger partial charge in [-0.3, -0.25) is 9.59 Å². The third kappa shape index (κ3) is 8.16. The Balaban J connectivity index is 1.01. The molecule has 14 heteroatoms. The van der Waals surface area contributed by atoms with Crippen molar-refractivity contribution in [1.82, 2.24) is 40.4 Å². The molecular weight excluding hydrogens is 699 g/mol. The largest absolute Gasteiger partial charge is 0.453 e. The molecule has 14 nitrogen and oxygen atoms in total. The number of fused-ring (bicyclic) bond motifs is 1. The number of carbonyl (C=O) groups excluding carboxylic acids is 4. The van der Waals surface area contributed by atoms with Gasteiger partial charge in [0.2, 0.25) is 11.8 Å². The molecule has 2 aromatic carbocycles. The summed E-state index contributed by atoms with van der Waals surface area (Å²) in [4.78, 5) is 70.5. The quantitative estimate of drug-likeness (QED) is 0.139. The predicted molar refractivity (Wildman–Crippen MR) is 206 cm³/mol. The Bertz CT molecular complexity index is 2140. The number of nitrogens with zero attached hydrogens (tertiary/aromatic N) is 4. The number of hydrogen-bond donors (Lipinski definition) is 5. The molecule has 1 spiro atoms. The molecule has 0 bridgehead atoms. The molecule has 2 saturated heterocycles. The average molecular weight is 748 g/mol. The van der Waals surface area contributed by atoms with Gasteiger partial charge in [-0.05, 0) is 85.8 Å². The molecule has 4 aromatic rings. The second-order valence-electron chi connectivity index (χ2n) is 15.5. The molecular formula is C41H49N9O5. The topological polar surface area (TPSA) is 191 Å². The number of nitrogens with two attached hydrogens (primary N) is 1. The van der Waals surface area contributed by atoms with Crippen molar-refractivity contribution in [2.24, 2.45) is 23.0 Å². The Morgan fingerprint density at radius 3 is 2.44 bits per heavy atom. The van der Waals surface area contributed by atoms with E-state index in [9.17, 15) is 19.2 Å². The van der Waals surface area contributed by atoms with Crippen molar-refractivity contribution in [3.63, 3.8) is 0 Å². The Morgan fingerprint density at radius 1 is 0.982 bits per heavy atom. The van der Waals surface area contributed by atoms with Gasteiger partial charge < -0.3 is 40.9 Å². The van der Waals surface area contributed by atoms with Crippen molar-refractivity contribution in [3.8, 4) is 23.1 Å². The number of rotatable bonds is 10. The summed E-state index contributed by atoms with van der Waals surface area (Å²) in [5, 5.41) is 5.04. The number of hydrogen-bond acceptors (Lipinski definition) is 7. The second kappa shape index (κ2) is 15.5. The Hall–Kier alpha value is -5.84. The molecule has 288 valence electrons. The molecule has 1 saturated carbocycles. The van der Waals surface area contributed by atoms with Crippen LogP contribution in [-0.4, -0.2) is 86.5 Å². The van der Waals surface area contributed by atoms with Crippen LogP contribution in [0.1, 0.15) is 94.2 Å². The van der Waals surface area contributed by atoms with Crippen molar-refractivity contribution in [3.05, 3.63) is 71.4 Å². The first-order valence-corrected chi connectivity index (χ1v) is 19.1. The van der Waals surface area contributed by atoms with Crippen LogP contribution in [0.3, 0.4) is 0 Å². The molecule has 4 atom stereocenters. The molecule has 3 fully saturated rings. The summed E-state index contributed by atoms with van der Waals surface area (Å²) in [5.74, 6) is 8.25. The highest BCUT2D eigenvalue weighted by Gasteiger charge is 2.54. The van der Waals surface area contributed by atoms with Crippen molar-refractivity contribution in [1.29, 1.82) is 0 Å². The van der Waals surface area contributed by atoms with E-state index in [2.05, 4.69) is 56.2 Å². The lowest BCUT2D eigenvalue weighted by Crippen LogP contribution is -2.50. The third-order valence-electron chi connectivity index (χ3n) is 11.5. The maximum absolute atomic E-state index is 13.6. The summed E-state index contributed by atoms with van der Waals surface area (Å²) in [6.07, 6.45) is 5.96. The van der Waals surface area contributed by atoms with Crippen LogP contribution in [0.25, 0.3) is 22.3 Å². The zero-order chi connectivity index (χ0) is 38.9. The van der Waals surface area contributed by atoms with E-state index >= 15 is 0 Å². The molecule has 3 aliphatic rings. The van der Waals surface area contributed by atoms with E-state index < -0.39 is 18.2 Å². The number of aromatic amines is 2. The first-order valence-electron chi connectivity index (χ1n) is 19.1. The van der Waals surface area contributed by atoms with Gasteiger partial charge in [0.05, 0.1) is 42.1 Å². The Kier molecular flexibility index (Phi) is 10.6.